The second kappa shape index (κ2) is 5.21. The second-order valence-electron chi connectivity index (χ2n) is 4.65. The zero-order chi connectivity index (χ0) is 13.9. The maximum Gasteiger partial charge on any atom is 0.152 e. The van der Waals surface area contributed by atoms with Gasteiger partial charge in [-0.3, -0.25) is 9.78 Å². The zero-order valence-corrected chi connectivity index (χ0v) is 10.7. The van der Waals surface area contributed by atoms with E-state index in [9.17, 15) is 9.18 Å². The van der Waals surface area contributed by atoms with Crippen molar-refractivity contribution in [2.24, 2.45) is 0 Å². The van der Waals surface area contributed by atoms with Crippen molar-refractivity contribution in [3.05, 3.63) is 77.2 Å². The average molecular weight is 265 g/mol. The summed E-state index contributed by atoms with van der Waals surface area (Å²) < 4.78 is 13.6. The summed E-state index contributed by atoms with van der Waals surface area (Å²) in [6, 6.07) is 16.5. The Morgan fingerprint density at radius 2 is 1.90 bits per heavy atom. The van der Waals surface area contributed by atoms with E-state index in [-0.39, 0.29) is 5.56 Å². The molecular weight excluding hydrogens is 253 g/mol. The van der Waals surface area contributed by atoms with E-state index < -0.39 is 5.82 Å². The van der Waals surface area contributed by atoms with Crippen LogP contribution in [0.1, 0.15) is 21.6 Å². The quantitative estimate of drug-likeness (QED) is 0.675. The molecule has 0 aliphatic heterocycles. The molecule has 2 aromatic carbocycles. The molecule has 0 aliphatic carbocycles. The van der Waals surface area contributed by atoms with Gasteiger partial charge in [-0.15, -0.1) is 0 Å². The number of aldehydes is 1. The number of nitrogens with zero attached hydrogens (tertiary/aromatic N) is 1. The van der Waals surface area contributed by atoms with Crippen LogP contribution in [-0.2, 0) is 6.42 Å². The van der Waals surface area contributed by atoms with Crippen molar-refractivity contribution < 1.29 is 9.18 Å². The van der Waals surface area contributed by atoms with Crippen LogP contribution in [0, 0.1) is 5.82 Å². The smallest absolute Gasteiger partial charge is 0.152 e. The van der Waals surface area contributed by atoms with Crippen molar-refractivity contribution in [2.45, 2.75) is 6.42 Å². The summed E-state index contributed by atoms with van der Waals surface area (Å²) in [5.41, 5.74) is 2.69. The molecule has 98 valence electrons. The molecule has 0 aliphatic rings. The molecule has 0 bridgehead atoms. The highest BCUT2D eigenvalue weighted by Crippen LogP contribution is 2.16. The zero-order valence-electron chi connectivity index (χ0n) is 10.7. The largest absolute Gasteiger partial charge is 0.298 e. The molecule has 1 aromatic heterocycles. The topological polar surface area (TPSA) is 30.0 Å². The van der Waals surface area contributed by atoms with Crippen molar-refractivity contribution in [3.63, 3.8) is 0 Å². The number of carbonyl (C=O) groups is 1. The molecule has 3 heteroatoms. The summed E-state index contributed by atoms with van der Waals surface area (Å²) >= 11 is 0. The number of carbonyl (C=O) groups excluding carboxylic acids is 1. The Labute approximate surface area is 115 Å². The normalized spacial score (nSPS) is 10.7. The number of para-hydroxylation sites is 1. The Kier molecular flexibility index (Phi) is 3.25. The monoisotopic (exact) mass is 265 g/mol. The van der Waals surface area contributed by atoms with Crippen LogP contribution >= 0.6 is 0 Å². The average Bonchev–Trinajstić information content (AvgIpc) is 2.47. The third-order valence-electron chi connectivity index (χ3n) is 3.23. The number of pyridine rings is 1. The number of benzene rings is 2. The molecule has 0 amide bonds. The summed E-state index contributed by atoms with van der Waals surface area (Å²) in [7, 11) is 0. The molecular formula is C17H12FNO. The maximum atomic E-state index is 13.6. The first-order valence-corrected chi connectivity index (χ1v) is 6.34. The summed E-state index contributed by atoms with van der Waals surface area (Å²) in [5.74, 6) is -0.488. The molecule has 0 N–H and O–H groups in total. The molecule has 2 nitrogen and oxygen atoms in total. The van der Waals surface area contributed by atoms with Crippen LogP contribution in [0.4, 0.5) is 4.39 Å². The van der Waals surface area contributed by atoms with E-state index in [0.29, 0.717) is 12.7 Å². The van der Waals surface area contributed by atoms with Gasteiger partial charge in [0.15, 0.2) is 6.29 Å². The summed E-state index contributed by atoms with van der Waals surface area (Å²) in [6.07, 6.45) is 1.06. The molecule has 3 rings (SSSR count). The van der Waals surface area contributed by atoms with Gasteiger partial charge in [-0.05, 0) is 29.8 Å². The van der Waals surface area contributed by atoms with Crippen LogP contribution in [0.2, 0.25) is 0 Å². The van der Waals surface area contributed by atoms with Crippen molar-refractivity contribution in [1.82, 2.24) is 4.98 Å². The predicted molar refractivity (Wildman–Crippen MR) is 76.3 cm³/mol. The van der Waals surface area contributed by atoms with Crippen molar-refractivity contribution >= 4 is 17.2 Å². The first-order chi connectivity index (χ1) is 9.76. The molecule has 3 aromatic rings. The highest BCUT2D eigenvalue weighted by Gasteiger charge is 2.04. The second-order valence-corrected chi connectivity index (χ2v) is 4.65. The van der Waals surface area contributed by atoms with Gasteiger partial charge >= 0.3 is 0 Å². The lowest BCUT2D eigenvalue weighted by molar-refractivity contribution is 0.112. The fourth-order valence-corrected chi connectivity index (χ4v) is 2.19. The predicted octanol–water partition coefficient (Wildman–Crippen LogP) is 3.78. The number of fused-ring (bicyclic) bond motifs is 1. The summed E-state index contributed by atoms with van der Waals surface area (Å²) in [5, 5.41) is 1.08. The van der Waals surface area contributed by atoms with Crippen LogP contribution in [0.25, 0.3) is 10.9 Å². The summed E-state index contributed by atoms with van der Waals surface area (Å²) in [6.45, 7) is 0. The standard InChI is InChI=1S/C17H12FNO/c18-16-10-12(5-6-14(16)11-20)9-15-8-7-13-3-1-2-4-17(13)19-15/h1-8,10-11H,9H2. The fourth-order valence-electron chi connectivity index (χ4n) is 2.19. The molecule has 20 heavy (non-hydrogen) atoms. The molecule has 1 heterocycles. The van der Waals surface area contributed by atoms with Gasteiger partial charge in [0.2, 0.25) is 0 Å². The lowest BCUT2D eigenvalue weighted by atomic mass is 10.1. The molecule has 0 radical (unpaired) electrons. The van der Waals surface area contributed by atoms with E-state index in [1.54, 1.807) is 6.07 Å². The minimum absolute atomic E-state index is 0.0835. The SMILES string of the molecule is O=Cc1ccc(Cc2ccc3ccccc3n2)cc1F. The van der Waals surface area contributed by atoms with E-state index in [2.05, 4.69) is 4.98 Å². The van der Waals surface area contributed by atoms with E-state index in [1.807, 2.05) is 36.4 Å². The van der Waals surface area contributed by atoms with Crippen LogP contribution in [0.3, 0.4) is 0 Å². The fraction of sp³-hybridized carbons (Fsp3) is 0.0588. The number of hydrogen-bond donors (Lipinski definition) is 0. The van der Waals surface area contributed by atoms with Crippen LogP contribution in [-0.4, -0.2) is 11.3 Å². The Morgan fingerprint density at radius 3 is 2.70 bits per heavy atom. The van der Waals surface area contributed by atoms with Crippen LogP contribution in [0.15, 0.2) is 54.6 Å². The first kappa shape index (κ1) is 12.5. The maximum absolute atomic E-state index is 13.6. The number of hydrogen-bond acceptors (Lipinski definition) is 2. The summed E-state index contributed by atoms with van der Waals surface area (Å²) in [4.78, 5) is 15.1. The van der Waals surface area contributed by atoms with Crippen LogP contribution < -0.4 is 0 Å². The number of aromatic nitrogens is 1. The van der Waals surface area contributed by atoms with Gasteiger partial charge in [-0.1, -0.05) is 30.3 Å². The molecule has 0 unspecified atom stereocenters. The highest BCUT2D eigenvalue weighted by atomic mass is 19.1. The van der Waals surface area contributed by atoms with Crippen molar-refractivity contribution in [2.75, 3.05) is 0 Å². The third kappa shape index (κ3) is 2.43. The van der Waals surface area contributed by atoms with Gasteiger partial charge in [0, 0.05) is 17.5 Å². The van der Waals surface area contributed by atoms with Gasteiger partial charge in [0.25, 0.3) is 0 Å². The van der Waals surface area contributed by atoms with E-state index in [1.165, 1.54) is 12.1 Å². The van der Waals surface area contributed by atoms with E-state index in [4.69, 9.17) is 0 Å². The van der Waals surface area contributed by atoms with Crippen LogP contribution in [0.5, 0.6) is 0 Å². The lowest BCUT2D eigenvalue weighted by Gasteiger charge is -2.04. The molecule has 0 saturated carbocycles. The Bertz CT molecular complexity index is 783. The lowest BCUT2D eigenvalue weighted by Crippen LogP contribution is -1.95. The third-order valence-corrected chi connectivity index (χ3v) is 3.23. The van der Waals surface area contributed by atoms with Gasteiger partial charge in [-0.2, -0.15) is 0 Å². The Morgan fingerprint density at radius 1 is 1.05 bits per heavy atom. The van der Waals surface area contributed by atoms with Gasteiger partial charge < -0.3 is 0 Å². The van der Waals surface area contributed by atoms with E-state index >= 15 is 0 Å². The molecule has 0 saturated heterocycles. The van der Waals surface area contributed by atoms with Gasteiger partial charge in [-0.25, -0.2) is 4.39 Å². The van der Waals surface area contributed by atoms with Crippen molar-refractivity contribution in [1.29, 1.82) is 0 Å². The number of halogens is 1. The molecule has 0 atom stereocenters. The minimum Gasteiger partial charge on any atom is -0.298 e. The van der Waals surface area contributed by atoms with E-state index in [0.717, 1.165) is 22.2 Å². The Hall–Kier alpha value is -2.55. The van der Waals surface area contributed by atoms with Crippen molar-refractivity contribution in [3.8, 4) is 0 Å². The molecule has 0 fully saturated rings. The minimum atomic E-state index is -0.488. The van der Waals surface area contributed by atoms with Gasteiger partial charge in [0.05, 0.1) is 11.1 Å². The first-order valence-electron chi connectivity index (χ1n) is 6.34. The Balaban J connectivity index is 1.92. The van der Waals surface area contributed by atoms with Gasteiger partial charge in [0.1, 0.15) is 5.82 Å². The highest BCUT2D eigenvalue weighted by molar-refractivity contribution is 5.78. The number of rotatable bonds is 3. The molecule has 0 spiro atoms.